The van der Waals surface area contributed by atoms with Gasteiger partial charge in [-0.25, -0.2) is 4.79 Å². The number of fused-ring (bicyclic) bond motifs is 1. The van der Waals surface area contributed by atoms with Crippen molar-refractivity contribution in [3.8, 4) is 0 Å². The Morgan fingerprint density at radius 3 is 2.71 bits per heavy atom. The van der Waals surface area contributed by atoms with E-state index in [0.717, 1.165) is 35.8 Å². The predicted octanol–water partition coefficient (Wildman–Crippen LogP) is 4.00. The zero-order valence-corrected chi connectivity index (χ0v) is 17.1. The van der Waals surface area contributed by atoms with Crippen molar-refractivity contribution in [1.82, 2.24) is 0 Å². The first-order valence-electron chi connectivity index (χ1n) is 9.21. The first-order chi connectivity index (χ1) is 13.5. The van der Waals surface area contributed by atoms with Gasteiger partial charge in [0.2, 0.25) is 0 Å². The van der Waals surface area contributed by atoms with Crippen molar-refractivity contribution in [2.24, 2.45) is 0 Å². The number of ether oxygens (including phenoxy) is 1. The molecule has 1 N–H and O–H groups in total. The summed E-state index contributed by atoms with van der Waals surface area (Å²) in [5.41, 5.74) is 1.62. The number of carbonyl (C=O) groups excluding carboxylic acids is 2. The van der Waals surface area contributed by atoms with Crippen LogP contribution in [0.1, 0.15) is 22.8 Å². The average molecular weight is 417 g/mol. The van der Waals surface area contributed by atoms with Crippen molar-refractivity contribution in [2.75, 3.05) is 34.8 Å². The third-order valence-corrected chi connectivity index (χ3v) is 6.37. The monoisotopic (exact) mass is 416 g/mol. The lowest BCUT2D eigenvalue weighted by molar-refractivity contribution is -0.134. The Bertz CT molecular complexity index is 930. The zero-order valence-electron chi connectivity index (χ0n) is 15.5. The normalized spacial score (nSPS) is 21.6. The largest absolute Gasteiger partial charge is 0.445 e. The van der Waals surface area contributed by atoms with E-state index in [2.05, 4.69) is 10.2 Å². The number of thioether (sulfide) groups is 1. The molecule has 2 aromatic rings. The molecule has 0 bridgehead atoms. The highest BCUT2D eigenvalue weighted by Crippen LogP contribution is 2.32. The van der Waals surface area contributed by atoms with Gasteiger partial charge in [0.1, 0.15) is 0 Å². The molecule has 1 atom stereocenters. The molecule has 5 nitrogen and oxygen atoms in total. The number of rotatable bonds is 3. The van der Waals surface area contributed by atoms with Gasteiger partial charge in [0.25, 0.3) is 5.91 Å². The Morgan fingerprint density at radius 2 is 1.96 bits per heavy atom. The van der Waals surface area contributed by atoms with Crippen molar-refractivity contribution in [3.63, 3.8) is 0 Å². The van der Waals surface area contributed by atoms with Crippen molar-refractivity contribution in [1.29, 1.82) is 0 Å². The van der Waals surface area contributed by atoms with Crippen LogP contribution in [0.5, 0.6) is 0 Å². The van der Waals surface area contributed by atoms with Gasteiger partial charge in [0.15, 0.2) is 5.60 Å². The second-order valence-electron chi connectivity index (χ2n) is 7.17. The van der Waals surface area contributed by atoms with E-state index >= 15 is 0 Å². The SMILES string of the molecule is CC1(C(=O)Nc2ccc(N3CCSCC3)c(Cl)c2)Cc2ccccc2C(=O)O1. The first kappa shape index (κ1) is 19.2. The molecule has 7 heteroatoms. The number of halogens is 1. The molecule has 0 spiro atoms. The van der Waals surface area contributed by atoms with Gasteiger partial charge in [-0.1, -0.05) is 29.8 Å². The van der Waals surface area contributed by atoms with Gasteiger partial charge in [0.05, 0.1) is 16.3 Å². The summed E-state index contributed by atoms with van der Waals surface area (Å²) in [5, 5.41) is 3.45. The van der Waals surface area contributed by atoms with Crippen LogP contribution in [0.15, 0.2) is 42.5 Å². The van der Waals surface area contributed by atoms with Crippen LogP contribution < -0.4 is 10.2 Å². The quantitative estimate of drug-likeness (QED) is 0.766. The van der Waals surface area contributed by atoms with Crippen LogP contribution in [0.3, 0.4) is 0 Å². The second kappa shape index (κ2) is 7.68. The van der Waals surface area contributed by atoms with Gasteiger partial charge < -0.3 is 15.0 Å². The van der Waals surface area contributed by atoms with E-state index in [0.29, 0.717) is 22.7 Å². The lowest BCUT2D eigenvalue weighted by Crippen LogP contribution is -2.48. The fraction of sp³-hybridized carbons (Fsp3) is 0.333. The van der Waals surface area contributed by atoms with Gasteiger partial charge in [-0.05, 0) is 36.8 Å². The van der Waals surface area contributed by atoms with Crippen LogP contribution in [0.2, 0.25) is 5.02 Å². The minimum absolute atomic E-state index is 0.331. The lowest BCUT2D eigenvalue weighted by Gasteiger charge is -2.33. The van der Waals surface area contributed by atoms with Crippen molar-refractivity contribution in [3.05, 3.63) is 58.6 Å². The van der Waals surface area contributed by atoms with Crippen molar-refractivity contribution in [2.45, 2.75) is 18.9 Å². The molecule has 1 amide bonds. The van der Waals surface area contributed by atoms with Crippen molar-refractivity contribution >= 4 is 46.6 Å². The maximum Gasteiger partial charge on any atom is 0.339 e. The minimum atomic E-state index is -1.26. The molecule has 1 fully saturated rings. The molecule has 2 aliphatic heterocycles. The van der Waals surface area contributed by atoms with Gasteiger partial charge in [-0.3, -0.25) is 4.79 Å². The number of nitrogens with zero attached hydrogens (tertiary/aromatic N) is 1. The van der Waals surface area contributed by atoms with E-state index < -0.39 is 11.6 Å². The smallest absolute Gasteiger partial charge is 0.339 e. The molecule has 2 heterocycles. The summed E-state index contributed by atoms with van der Waals surface area (Å²) in [6.45, 7) is 3.56. The fourth-order valence-electron chi connectivity index (χ4n) is 3.57. The summed E-state index contributed by atoms with van der Waals surface area (Å²) in [4.78, 5) is 27.5. The van der Waals surface area contributed by atoms with E-state index in [4.69, 9.17) is 16.3 Å². The topological polar surface area (TPSA) is 58.6 Å². The molecule has 1 saturated heterocycles. The Labute approximate surface area is 173 Å². The van der Waals surface area contributed by atoms with Gasteiger partial charge >= 0.3 is 5.97 Å². The maximum absolute atomic E-state index is 12.9. The summed E-state index contributed by atoms with van der Waals surface area (Å²) in [5.74, 6) is 1.32. The number of anilines is 2. The number of cyclic esters (lactones) is 1. The molecule has 2 aromatic carbocycles. The van der Waals surface area contributed by atoms with E-state index in [-0.39, 0.29) is 5.91 Å². The van der Waals surface area contributed by atoms with E-state index in [1.54, 1.807) is 25.1 Å². The Morgan fingerprint density at radius 1 is 1.21 bits per heavy atom. The number of benzene rings is 2. The molecule has 4 rings (SSSR count). The number of carbonyl (C=O) groups is 2. The standard InChI is InChI=1S/C21H21ClN2O3S/c1-21(13-14-4-2-3-5-16(14)19(25)27-21)20(26)23-15-6-7-18(17(22)12-15)24-8-10-28-11-9-24/h2-7,12H,8-11,13H2,1H3,(H,23,26). The summed E-state index contributed by atoms with van der Waals surface area (Å²) in [6, 6.07) is 12.7. The number of esters is 1. The van der Waals surface area contributed by atoms with Gasteiger partial charge in [-0.2, -0.15) is 11.8 Å². The maximum atomic E-state index is 12.9. The third-order valence-electron chi connectivity index (χ3n) is 5.12. The minimum Gasteiger partial charge on any atom is -0.445 e. The second-order valence-corrected chi connectivity index (χ2v) is 8.81. The van der Waals surface area contributed by atoms with Crippen LogP contribution >= 0.6 is 23.4 Å². The lowest BCUT2D eigenvalue weighted by atomic mass is 9.89. The number of amides is 1. The van der Waals surface area contributed by atoms with Crippen LogP contribution in [0, 0.1) is 0 Å². The Hall–Kier alpha value is -2.18. The first-order valence-corrected chi connectivity index (χ1v) is 10.7. The molecule has 0 radical (unpaired) electrons. The van der Waals surface area contributed by atoms with Crippen LogP contribution in [0.4, 0.5) is 11.4 Å². The molecule has 1 unspecified atom stereocenters. The molecule has 0 aromatic heterocycles. The molecule has 28 heavy (non-hydrogen) atoms. The molecular formula is C21H21ClN2O3S. The van der Waals surface area contributed by atoms with Crippen molar-refractivity contribution < 1.29 is 14.3 Å². The predicted molar refractivity (Wildman–Crippen MR) is 114 cm³/mol. The third kappa shape index (κ3) is 3.71. The summed E-state index contributed by atoms with van der Waals surface area (Å²) < 4.78 is 5.49. The van der Waals surface area contributed by atoms with E-state index in [1.807, 2.05) is 36.0 Å². The molecule has 146 valence electrons. The van der Waals surface area contributed by atoms with Gasteiger partial charge in [-0.15, -0.1) is 0 Å². The van der Waals surface area contributed by atoms with Crippen LogP contribution in [-0.4, -0.2) is 42.1 Å². The van der Waals surface area contributed by atoms with Gasteiger partial charge in [0, 0.05) is 36.7 Å². The van der Waals surface area contributed by atoms with Crippen LogP contribution in [-0.2, 0) is 16.0 Å². The number of hydrogen-bond acceptors (Lipinski definition) is 5. The highest BCUT2D eigenvalue weighted by Gasteiger charge is 2.42. The Balaban J connectivity index is 1.50. The molecule has 2 aliphatic rings. The fourth-order valence-corrected chi connectivity index (χ4v) is 4.77. The zero-order chi connectivity index (χ0) is 19.7. The summed E-state index contributed by atoms with van der Waals surface area (Å²) in [7, 11) is 0. The molecular weight excluding hydrogens is 396 g/mol. The van der Waals surface area contributed by atoms with Crippen LogP contribution in [0.25, 0.3) is 0 Å². The van der Waals surface area contributed by atoms with E-state index in [1.165, 1.54) is 0 Å². The molecule has 0 saturated carbocycles. The molecule has 0 aliphatic carbocycles. The van der Waals surface area contributed by atoms with E-state index in [9.17, 15) is 9.59 Å². The Kier molecular flexibility index (Phi) is 5.25. The highest BCUT2D eigenvalue weighted by molar-refractivity contribution is 7.99. The number of hydrogen-bond donors (Lipinski definition) is 1. The number of nitrogens with one attached hydrogen (secondary N) is 1. The summed E-state index contributed by atoms with van der Waals surface area (Å²) >= 11 is 8.41. The summed E-state index contributed by atoms with van der Waals surface area (Å²) in [6.07, 6.45) is 0.331. The highest BCUT2D eigenvalue weighted by atomic mass is 35.5. The average Bonchev–Trinajstić information content (AvgIpc) is 2.68.